The maximum atomic E-state index is 11.8. The third-order valence-electron chi connectivity index (χ3n) is 4.97. The van der Waals surface area contributed by atoms with E-state index >= 15 is 0 Å². The van der Waals surface area contributed by atoms with Gasteiger partial charge in [0.05, 0.1) is 25.4 Å². The molecule has 1 aromatic heterocycles. The highest BCUT2D eigenvalue weighted by Crippen LogP contribution is 2.41. The van der Waals surface area contributed by atoms with Gasteiger partial charge in [0.15, 0.2) is 0 Å². The van der Waals surface area contributed by atoms with E-state index in [4.69, 9.17) is 24.1 Å². The van der Waals surface area contributed by atoms with Crippen LogP contribution in [0.5, 0.6) is 0 Å². The summed E-state index contributed by atoms with van der Waals surface area (Å²) in [4.78, 5) is 26.8. The first-order valence-corrected chi connectivity index (χ1v) is 9.36. The molecule has 168 valence electrons. The van der Waals surface area contributed by atoms with Crippen molar-refractivity contribution in [1.29, 1.82) is 0 Å². The average Bonchev–Trinajstić information content (AvgIpc) is 3.09. The molecule has 3 heterocycles. The lowest BCUT2D eigenvalue weighted by Gasteiger charge is -2.50. The number of carbonyl (C=O) groups excluding carboxylic acids is 1. The molecule has 0 aliphatic carbocycles. The minimum atomic E-state index is -5.08. The Morgan fingerprint density at radius 1 is 1.37 bits per heavy atom. The summed E-state index contributed by atoms with van der Waals surface area (Å²) >= 11 is 0. The van der Waals surface area contributed by atoms with Crippen molar-refractivity contribution in [3.05, 3.63) is 30.1 Å². The fourth-order valence-electron chi connectivity index (χ4n) is 3.42. The minimum Gasteiger partial charge on any atom is -0.475 e. The van der Waals surface area contributed by atoms with Gasteiger partial charge >= 0.3 is 12.1 Å². The lowest BCUT2D eigenvalue weighted by molar-refractivity contribution is -0.192. The third kappa shape index (κ3) is 6.64. The molecular weight excluding hydrogens is 409 g/mol. The summed E-state index contributed by atoms with van der Waals surface area (Å²) in [6.45, 7) is 3.52. The van der Waals surface area contributed by atoms with Gasteiger partial charge in [-0.25, -0.2) is 4.79 Å². The number of aromatic nitrogens is 1. The number of hydrogen-bond donors (Lipinski definition) is 1. The van der Waals surface area contributed by atoms with Crippen LogP contribution in [0.2, 0.25) is 0 Å². The topological polar surface area (TPSA) is 98.2 Å². The van der Waals surface area contributed by atoms with Crippen LogP contribution in [0.25, 0.3) is 0 Å². The van der Waals surface area contributed by atoms with Gasteiger partial charge in [-0.05, 0) is 30.9 Å². The number of ether oxygens (including phenoxy) is 3. The second-order valence-corrected chi connectivity index (χ2v) is 7.05. The molecule has 1 spiro atoms. The van der Waals surface area contributed by atoms with Crippen molar-refractivity contribution in [2.75, 3.05) is 40.0 Å². The molecule has 0 aromatic carbocycles. The molecule has 11 heteroatoms. The van der Waals surface area contributed by atoms with Gasteiger partial charge in [0.2, 0.25) is 5.91 Å². The van der Waals surface area contributed by atoms with Gasteiger partial charge in [-0.15, -0.1) is 0 Å². The van der Waals surface area contributed by atoms with E-state index in [-0.39, 0.29) is 18.1 Å². The zero-order valence-corrected chi connectivity index (χ0v) is 16.6. The van der Waals surface area contributed by atoms with Gasteiger partial charge in [0.1, 0.15) is 12.2 Å². The van der Waals surface area contributed by atoms with E-state index in [1.807, 2.05) is 23.1 Å². The first-order chi connectivity index (χ1) is 14.2. The molecule has 1 atom stereocenters. The molecule has 30 heavy (non-hydrogen) atoms. The van der Waals surface area contributed by atoms with E-state index in [0.717, 1.165) is 25.1 Å². The van der Waals surface area contributed by atoms with Gasteiger partial charge in [0, 0.05) is 26.5 Å². The van der Waals surface area contributed by atoms with Crippen LogP contribution in [-0.4, -0.2) is 78.7 Å². The fraction of sp³-hybridized carbons (Fsp3) is 0.632. The van der Waals surface area contributed by atoms with Crippen LogP contribution in [0.1, 0.15) is 18.5 Å². The van der Waals surface area contributed by atoms with Crippen LogP contribution in [0.4, 0.5) is 13.2 Å². The maximum Gasteiger partial charge on any atom is 0.490 e. The molecule has 8 nitrogen and oxygen atoms in total. The molecule has 0 saturated carbocycles. The molecular formula is C19H25F3N2O6. The number of carboxylic acids is 1. The van der Waals surface area contributed by atoms with E-state index in [2.05, 4.69) is 4.98 Å². The highest BCUT2D eigenvalue weighted by Gasteiger charge is 2.53. The Hall–Kier alpha value is -2.24. The van der Waals surface area contributed by atoms with Crippen LogP contribution < -0.4 is 0 Å². The van der Waals surface area contributed by atoms with E-state index in [0.29, 0.717) is 32.2 Å². The van der Waals surface area contributed by atoms with Crippen molar-refractivity contribution in [2.24, 2.45) is 5.92 Å². The molecule has 3 rings (SSSR count). The van der Waals surface area contributed by atoms with E-state index in [1.54, 1.807) is 13.3 Å². The molecule has 2 aliphatic rings. The summed E-state index contributed by atoms with van der Waals surface area (Å²) in [5, 5.41) is 7.12. The number of methoxy groups -OCH3 is 1. The zero-order chi connectivity index (χ0) is 22.2. The highest BCUT2D eigenvalue weighted by atomic mass is 19.4. The first kappa shape index (κ1) is 24.0. The number of pyridine rings is 1. The Labute approximate surface area is 171 Å². The van der Waals surface area contributed by atoms with Crippen molar-refractivity contribution >= 4 is 11.9 Å². The number of alkyl halides is 3. The smallest absolute Gasteiger partial charge is 0.475 e. The standard InChI is InChI=1S/C17H24N2O4.C2HF3O2/c1-21-11-16(20)19-12-17(13-19)14(6-9-23-17)5-8-22-10-15-4-2-3-7-18-15;3-2(4,5)1(6)7/h2-4,7,14H,5-6,8-13H2,1H3;(H,6,7). The minimum absolute atomic E-state index is 0.0405. The molecule has 1 unspecified atom stereocenters. The number of nitrogens with zero attached hydrogens (tertiary/aromatic N) is 2. The number of rotatable bonds is 7. The van der Waals surface area contributed by atoms with Crippen molar-refractivity contribution in [2.45, 2.75) is 31.2 Å². The average molecular weight is 434 g/mol. The van der Waals surface area contributed by atoms with Crippen molar-refractivity contribution in [3.63, 3.8) is 0 Å². The van der Waals surface area contributed by atoms with Crippen LogP contribution in [0.3, 0.4) is 0 Å². The Morgan fingerprint density at radius 2 is 2.07 bits per heavy atom. The molecule has 0 radical (unpaired) electrons. The van der Waals surface area contributed by atoms with Crippen LogP contribution in [0.15, 0.2) is 24.4 Å². The molecule has 1 aromatic rings. The predicted molar refractivity (Wildman–Crippen MR) is 97.4 cm³/mol. The maximum absolute atomic E-state index is 11.8. The number of halogens is 3. The summed E-state index contributed by atoms with van der Waals surface area (Å²) in [6, 6.07) is 5.83. The summed E-state index contributed by atoms with van der Waals surface area (Å²) in [7, 11) is 1.54. The van der Waals surface area contributed by atoms with Gasteiger partial charge in [-0.3, -0.25) is 9.78 Å². The SMILES string of the molecule is COCC(=O)N1CC2(C1)OCCC2CCOCc1ccccn1.O=C(O)C(F)(F)F. The number of likely N-dealkylation sites (tertiary alicyclic amines) is 1. The summed E-state index contributed by atoms with van der Waals surface area (Å²) in [5.74, 6) is -2.26. The van der Waals surface area contributed by atoms with Gasteiger partial charge < -0.3 is 24.2 Å². The van der Waals surface area contributed by atoms with Gasteiger partial charge in [-0.1, -0.05) is 6.07 Å². The zero-order valence-electron chi connectivity index (χ0n) is 16.6. The quantitative estimate of drug-likeness (QED) is 0.655. The van der Waals surface area contributed by atoms with E-state index < -0.39 is 12.1 Å². The molecule has 1 amide bonds. The number of carbonyl (C=O) groups is 2. The predicted octanol–water partition coefficient (Wildman–Crippen LogP) is 1.89. The highest BCUT2D eigenvalue weighted by molar-refractivity contribution is 5.78. The third-order valence-corrected chi connectivity index (χ3v) is 4.97. The molecule has 2 fully saturated rings. The molecule has 2 saturated heterocycles. The summed E-state index contributed by atoms with van der Waals surface area (Å²) in [5.41, 5.74) is 0.794. The normalized spacial score (nSPS) is 19.7. The molecule has 2 aliphatic heterocycles. The van der Waals surface area contributed by atoms with E-state index in [9.17, 15) is 18.0 Å². The van der Waals surface area contributed by atoms with Gasteiger partial charge in [-0.2, -0.15) is 13.2 Å². The Morgan fingerprint density at radius 3 is 2.63 bits per heavy atom. The van der Waals surface area contributed by atoms with Crippen molar-refractivity contribution < 1.29 is 42.1 Å². The first-order valence-electron chi connectivity index (χ1n) is 9.36. The Balaban J connectivity index is 0.000000396. The van der Waals surface area contributed by atoms with E-state index in [1.165, 1.54) is 0 Å². The second kappa shape index (κ2) is 10.7. The van der Waals surface area contributed by atoms with Crippen LogP contribution in [0, 0.1) is 5.92 Å². The molecule has 0 bridgehead atoms. The second-order valence-electron chi connectivity index (χ2n) is 7.05. The Bertz CT molecular complexity index is 695. The Kier molecular flexibility index (Phi) is 8.56. The largest absolute Gasteiger partial charge is 0.490 e. The fourth-order valence-corrected chi connectivity index (χ4v) is 3.42. The summed E-state index contributed by atoms with van der Waals surface area (Å²) < 4.78 is 48.3. The number of aliphatic carboxylic acids is 1. The van der Waals surface area contributed by atoms with Gasteiger partial charge in [0.25, 0.3) is 0 Å². The van der Waals surface area contributed by atoms with Crippen molar-refractivity contribution in [1.82, 2.24) is 9.88 Å². The number of carboxylic acid groups (broad SMARTS) is 1. The monoisotopic (exact) mass is 434 g/mol. The van der Waals surface area contributed by atoms with Crippen LogP contribution >= 0.6 is 0 Å². The van der Waals surface area contributed by atoms with Crippen LogP contribution in [-0.2, 0) is 30.4 Å². The number of hydrogen-bond acceptors (Lipinski definition) is 6. The molecule has 1 N–H and O–H groups in total. The lowest BCUT2D eigenvalue weighted by Crippen LogP contribution is -2.66. The summed E-state index contributed by atoms with van der Waals surface area (Å²) in [6.07, 6.45) is -1.31. The lowest BCUT2D eigenvalue weighted by atomic mass is 9.79. The van der Waals surface area contributed by atoms with Crippen molar-refractivity contribution in [3.8, 4) is 0 Å². The number of amides is 1.